The van der Waals surface area contributed by atoms with Gasteiger partial charge in [-0.1, -0.05) is 34.3 Å². The van der Waals surface area contributed by atoms with Crippen LogP contribution in [0, 0.1) is 0 Å². The van der Waals surface area contributed by atoms with Gasteiger partial charge in [-0.05, 0) is 5.53 Å². The van der Waals surface area contributed by atoms with Gasteiger partial charge >= 0.3 is 0 Å². The van der Waals surface area contributed by atoms with Crippen LogP contribution in [0.5, 0.6) is 0 Å². The molecule has 0 radical (unpaired) electrons. The molecule has 1 N–H and O–H groups in total. The Hall–Kier alpha value is -0.420. The standard InChI is InChI=1S/C3H4IN3O/c1-2(8)3(4)6-7-5/h3,8H,1H2. The highest BCUT2D eigenvalue weighted by Crippen LogP contribution is 2.08. The van der Waals surface area contributed by atoms with E-state index in [-0.39, 0.29) is 5.76 Å². The summed E-state index contributed by atoms with van der Waals surface area (Å²) in [4.78, 5) is 2.45. The quantitative estimate of drug-likeness (QED) is 0.146. The molecule has 1 unspecified atom stereocenters. The van der Waals surface area contributed by atoms with Crippen LogP contribution in [0.1, 0.15) is 0 Å². The van der Waals surface area contributed by atoms with Crippen molar-refractivity contribution in [3.05, 3.63) is 22.8 Å². The Morgan fingerprint density at radius 1 is 2.00 bits per heavy atom. The molecule has 0 spiro atoms. The maximum absolute atomic E-state index is 8.49. The SMILES string of the molecule is C=C(O)C(I)N=[N+]=[N-]. The van der Waals surface area contributed by atoms with Crippen LogP contribution in [-0.2, 0) is 0 Å². The van der Waals surface area contributed by atoms with Crippen molar-refractivity contribution < 1.29 is 5.11 Å². The molecule has 0 aromatic carbocycles. The van der Waals surface area contributed by atoms with Crippen molar-refractivity contribution in [1.29, 1.82) is 0 Å². The first-order valence-corrected chi connectivity index (χ1v) is 2.99. The topological polar surface area (TPSA) is 69.0 Å². The third kappa shape index (κ3) is 2.70. The first-order valence-electron chi connectivity index (χ1n) is 1.74. The molecule has 0 rings (SSSR count). The first-order chi connectivity index (χ1) is 3.68. The molecular formula is C3H4IN3O. The molecule has 0 amide bonds. The Morgan fingerprint density at radius 3 is 2.62 bits per heavy atom. The van der Waals surface area contributed by atoms with E-state index in [1.807, 2.05) is 0 Å². The fourth-order valence-electron chi connectivity index (χ4n) is 0.112. The van der Waals surface area contributed by atoms with Gasteiger partial charge in [0.25, 0.3) is 0 Å². The van der Waals surface area contributed by atoms with Gasteiger partial charge in [-0.25, -0.2) is 0 Å². The largest absolute Gasteiger partial charge is 0.512 e. The Balaban J connectivity index is 3.82. The number of hydrogen-bond acceptors (Lipinski definition) is 2. The Labute approximate surface area is 60.0 Å². The Morgan fingerprint density at radius 2 is 2.50 bits per heavy atom. The first kappa shape index (κ1) is 7.58. The van der Waals surface area contributed by atoms with E-state index < -0.39 is 4.05 Å². The van der Waals surface area contributed by atoms with E-state index in [1.165, 1.54) is 0 Å². The Bertz CT molecular complexity index is 137. The normalized spacial score (nSPS) is 11.6. The number of azide groups is 1. The molecule has 0 aliphatic carbocycles. The van der Waals surface area contributed by atoms with Crippen LogP contribution < -0.4 is 0 Å². The molecule has 8 heavy (non-hydrogen) atoms. The number of halogens is 1. The molecule has 0 fully saturated rings. The fraction of sp³-hybridized carbons (Fsp3) is 0.333. The summed E-state index contributed by atoms with van der Waals surface area (Å²) in [5.74, 6) is -0.122. The van der Waals surface area contributed by atoms with E-state index in [9.17, 15) is 0 Å². The monoisotopic (exact) mass is 225 g/mol. The molecule has 0 bridgehead atoms. The third-order valence-corrected chi connectivity index (χ3v) is 1.40. The summed E-state index contributed by atoms with van der Waals surface area (Å²) in [6.45, 7) is 3.16. The molecule has 0 saturated carbocycles. The molecule has 44 valence electrons. The smallest absolute Gasteiger partial charge is 0.146 e. The van der Waals surface area contributed by atoms with Gasteiger partial charge < -0.3 is 5.11 Å². The van der Waals surface area contributed by atoms with Crippen LogP contribution in [0.4, 0.5) is 0 Å². The predicted molar refractivity (Wildman–Crippen MR) is 38.7 cm³/mol. The molecule has 0 aromatic heterocycles. The summed E-state index contributed by atoms with van der Waals surface area (Å²) in [5, 5.41) is 11.6. The van der Waals surface area contributed by atoms with Crippen molar-refractivity contribution in [3.63, 3.8) is 0 Å². The minimum absolute atomic E-state index is 0.122. The van der Waals surface area contributed by atoms with Crippen molar-refractivity contribution in [3.8, 4) is 0 Å². The van der Waals surface area contributed by atoms with E-state index in [0.717, 1.165) is 0 Å². The summed E-state index contributed by atoms with van der Waals surface area (Å²) < 4.78 is -0.544. The van der Waals surface area contributed by atoms with Crippen LogP contribution >= 0.6 is 22.6 Å². The van der Waals surface area contributed by atoms with Crippen molar-refractivity contribution >= 4 is 22.6 Å². The van der Waals surface area contributed by atoms with Gasteiger partial charge in [-0.15, -0.1) is 0 Å². The van der Waals surface area contributed by atoms with Crippen LogP contribution in [0.15, 0.2) is 17.5 Å². The van der Waals surface area contributed by atoms with Crippen LogP contribution in [0.2, 0.25) is 0 Å². The second-order valence-corrected chi connectivity index (χ2v) is 2.21. The average molecular weight is 225 g/mol. The lowest BCUT2D eigenvalue weighted by atomic mass is 10.6. The van der Waals surface area contributed by atoms with Gasteiger partial charge in [0.05, 0.1) is 0 Å². The van der Waals surface area contributed by atoms with E-state index in [2.05, 4.69) is 16.6 Å². The molecule has 4 nitrogen and oxygen atoms in total. The van der Waals surface area contributed by atoms with Crippen LogP contribution in [0.25, 0.3) is 10.4 Å². The van der Waals surface area contributed by atoms with Crippen molar-refractivity contribution in [2.45, 2.75) is 4.05 Å². The molecule has 5 heteroatoms. The second kappa shape index (κ2) is 3.57. The molecule has 0 aliphatic heterocycles. The maximum atomic E-state index is 8.49. The van der Waals surface area contributed by atoms with Crippen molar-refractivity contribution in [1.82, 2.24) is 0 Å². The summed E-state index contributed by atoms with van der Waals surface area (Å²) in [6, 6.07) is 0. The van der Waals surface area contributed by atoms with Gasteiger partial charge in [0.15, 0.2) is 0 Å². The highest BCUT2D eigenvalue weighted by atomic mass is 127. The van der Waals surface area contributed by atoms with E-state index in [0.29, 0.717) is 0 Å². The summed E-state index contributed by atoms with van der Waals surface area (Å²) in [5.41, 5.74) is 7.79. The lowest BCUT2D eigenvalue weighted by Crippen LogP contribution is -1.92. The summed E-state index contributed by atoms with van der Waals surface area (Å²) in [6.07, 6.45) is 0. The minimum atomic E-state index is -0.544. The van der Waals surface area contributed by atoms with E-state index in [1.54, 1.807) is 22.6 Å². The van der Waals surface area contributed by atoms with Gasteiger partial charge in [0.2, 0.25) is 0 Å². The summed E-state index contributed by atoms with van der Waals surface area (Å²) >= 11 is 1.76. The lowest BCUT2D eigenvalue weighted by molar-refractivity contribution is 0.402. The predicted octanol–water partition coefficient (Wildman–Crippen LogP) is 2.13. The number of hydrogen-bond donors (Lipinski definition) is 1. The second-order valence-electron chi connectivity index (χ2n) is 1.03. The Kier molecular flexibility index (Phi) is 3.38. The average Bonchev–Trinajstić information content (AvgIpc) is 1.67. The number of aliphatic hydroxyl groups is 1. The van der Waals surface area contributed by atoms with Gasteiger partial charge in [0, 0.05) is 4.91 Å². The van der Waals surface area contributed by atoms with Gasteiger partial charge in [-0.2, -0.15) is 0 Å². The molecule has 1 atom stereocenters. The molecular weight excluding hydrogens is 221 g/mol. The van der Waals surface area contributed by atoms with Crippen LogP contribution in [-0.4, -0.2) is 9.16 Å². The highest BCUT2D eigenvalue weighted by Gasteiger charge is 2.00. The molecule has 0 saturated heterocycles. The third-order valence-electron chi connectivity index (χ3n) is 0.428. The summed E-state index contributed by atoms with van der Waals surface area (Å²) in [7, 11) is 0. The van der Waals surface area contributed by atoms with Crippen molar-refractivity contribution in [2.24, 2.45) is 5.11 Å². The molecule has 0 aromatic rings. The minimum Gasteiger partial charge on any atom is -0.512 e. The van der Waals surface area contributed by atoms with E-state index in [4.69, 9.17) is 10.6 Å². The fourth-order valence-corrected chi connectivity index (χ4v) is 0.223. The molecule has 0 heterocycles. The number of aliphatic hydroxyl groups excluding tert-OH is 1. The maximum Gasteiger partial charge on any atom is 0.146 e. The van der Waals surface area contributed by atoms with Crippen molar-refractivity contribution in [2.75, 3.05) is 0 Å². The number of rotatable bonds is 2. The van der Waals surface area contributed by atoms with Crippen LogP contribution in [0.3, 0.4) is 0 Å². The lowest BCUT2D eigenvalue weighted by Gasteiger charge is -1.94. The highest BCUT2D eigenvalue weighted by molar-refractivity contribution is 14.1. The zero-order valence-corrected chi connectivity index (χ0v) is 6.11. The number of alkyl halides is 1. The van der Waals surface area contributed by atoms with Gasteiger partial charge in [0.1, 0.15) is 9.81 Å². The zero-order valence-electron chi connectivity index (χ0n) is 3.95. The zero-order chi connectivity index (χ0) is 6.57. The molecule has 0 aliphatic rings. The van der Waals surface area contributed by atoms with E-state index >= 15 is 0 Å². The van der Waals surface area contributed by atoms with Gasteiger partial charge in [-0.3, -0.25) is 0 Å². The number of nitrogens with zero attached hydrogens (tertiary/aromatic N) is 3.